The van der Waals surface area contributed by atoms with E-state index in [2.05, 4.69) is 14.9 Å². The lowest BCUT2D eigenvalue weighted by Crippen LogP contribution is -2.17. The van der Waals surface area contributed by atoms with Gasteiger partial charge in [0.15, 0.2) is 0 Å². The molecular weight excluding hydrogens is 385 g/mol. The number of ether oxygens (including phenoxy) is 1. The van der Waals surface area contributed by atoms with Crippen molar-refractivity contribution in [2.75, 3.05) is 7.11 Å². The third-order valence-electron chi connectivity index (χ3n) is 3.13. The molecular formula is C14H10IN3O3. The standard InChI is InChI=1S/C14H10IN3O3/c1-21-14(20)8-2-4-9(5-3-8)18-7-6-10-11(13(18)19)12(15)17-16-10/h2-7H,1H3,(H,16,17). The molecule has 2 heterocycles. The number of hydrogen-bond acceptors (Lipinski definition) is 4. The van der Waals surface area contributed by atoms with Crippen LogP contribution in [-0.2, 0) is 4.74 Å². The van der Waals surface area contributed by atoms with Crippen molar-refractivity contribution >= 4 is 39.5 Å². The molecule has 1 aromatic carbocycles. The molecule has 106 valence electrons. The number of halogens is 1. The summed E-state index contributed by atoms with van der Waals surface area (Å²) in [6.45, 7) is 0. The van der Waals surface area contributed by atoms with E-state index in [9.17, 15) is 9.59 Å². The second kappa shape index (κ2) is 5.32. The molecule has 1 N–H and O–H groups in total. The van der Waals surface area contributed by atoms with E-state index in [4.69, 9.17) is 0 Å². The van der Waals surface area contributed by atoms with Crippen LogP contribution in [0, 0.1) is 3.70 Å². The highest BCUT2D eigenvalue weighted by molar-refractivity contribution is 14.1. The Hall–Kier alpha value is -2.16. The Labute approximate surface area is 132 Å². The second-order valence-electron chi connectivity index (χ2n) is 4.33. The molecule has 0 unspecified atom stereocenters. The number of nitrogens with one attached hydrogen (secondary N) is 1. The molecule has 0 spiro atoms. The Morgan fingerprint density at radius 1 is 1.29 bits per heavy atom. The quantitative estimate of drug-likeness (QED) is 0.533. The molecule has 3 aromatic rings. The third-order valence-corrected chi connectivity index (χ3v) is 3.91. The predicted molar refractivity (Wildman–Crippen MR) is 85.7 cm³/mol. The summed E-state index contributed by atoms with van der Waals surface area (Å²) in [6.07, 6.45) is 1.66. The fraction of sp³-hybridized carbons (Fsp3) is 0.0714. The third kappa shape index (κ3) is 2.33. The number of methoxy groups -OCH3 is 1. The number of esters is 1. The number of carbonyl (C=O) groups is 1. The molecule has 6 nitrogen and oxygen atoms in total. The molecule has 0 aliphatic carbocycles. The molecule has 2 aromatic heterocycles. The Balaban J connectivity index is 2.12. The van der Waals surface area contributed by atoms with Crippen molar-refractivity contribution in [3.8, 4) is 5.69 Å². The largest absolute Gasteiger partial charge is 0.465 e. The van der Waals surface area contributed by atoms with Crippen LogP contribution < -0.4 is 5.56 Å². The van der Waals surface area contributed by atoms with Crippen molar-refractivity contribution in [1.82, 2.24) is 14.8 Å². The van der Waals surface area contributed by atoms with Gasteiger partial charge in [0.2, 0.25) is 0 Å². The van der Waals surface area contributed by atoms with Gasteiger partial charge in [0.25, 0.3) is 5.56 Å². The van der Waals surface area contributed by atoms with E-state index in [1.807, 2.05) is 22.6 Å². The summed E-state index contributed by atoms with van der Waals surface area (Å²) in [5.41, 5.74) is 1.59. The number of fused-ring (bicyclic) bond motifs is 1. The lowest BCUT2D eigenvalue weighted by atomic mass is 10.2. The van der Waals surface area contributed by atoms with Crippen LogP contribution in [0.2, 0.25) is 0 Å². The predicted octanol–water partition coefficient (Wildman–Crippen LogP) is 2.10. The van der Waals surface area contributed by atoms with E-state index < -0.39 is 5.97 Å². The SMILES string of the molecule is COC(=O)c1ccc(-n2ccc3n[nH]c(I)c3c2=O)cc1. The number of aromatic nitrogens is 3. The molecule has 0 bridgehead atoms. The van der Waals surface area contributed by atoms with Gasteiger partial charge in [-0.05, 0) is 52.9 Å². The first-order chi connectivity index (χ1) is 10.1. The van der Waals surface area contributed by atoms with Crippen molar-refractivity contribution in [1.29, 1.82) is 0 Å². The van der Waals surface area contributed by atoms with Crippen molar-refractivity contribution in [3.63, 3.8) is 0 Å². The van der Waals surface area contributed by atoms with Gasteiger partial charge in [0.1, 0.15) is 9.22 Å². The van der Waals surface area contributed by atoms with Crippen LogP contribution in [0.5, 0.6) is 0 Å². The number of rotatable bonds is 2. The molecule has 0 saturated carbocycles. The molecule has 0 atom stereocenters. The Morgan fingerprint density at radius 2 is 2.00 bits per heavy atom. The van der Waals surface area contributed by atoms with Crippen LogP contribution >= 0.6 is 22.6 Å². The summed E-state index contributed by atoms with van der Waals surface area (Å²) in [5, 5.41) is 7.40. The number of hydrogen-bond donors (Lipinski definition) is 1. The summed E-state index contributed by atoms with van der Waals surface area (Å²) >= 11 is 2.04. The molecule has 0 aliphatic rings. The highest BCUT2D eigenvalue weighted by atomic mass is 127. The average molecular weight is 395 g/mol. The number of benzene rings is 1. The summed E-state index contributed by atoms with van der Waals surface area (Å²) in [7, 11) is 1.33. The Kier molecular flexibility index (Phi) is 3.50. The lowest BCUT2D eigenvalue weighted by Gasteiger charge is -2.06. The minimum atomic E-state index is -0.409. The van der Waals surface area contributed by atoms with Crippen molar-refractivity contribution in [2.45, 2.75) is 0 Å². The first-order valence-electron chi connectivity index (χ1n) is 6.06. The summed E-state index contributed by atoms with van der Waals surface area (Å²) in [5.74, 6) is -0.409. The Morgan fingerprint density at radius 3 is 2.67 bits per heavy atom. The highest BCUT2D eigenvalue weighted by Gasteiger charge is 2.11. The van der Waals surface area contributed by atoms with Crippen LogP contribution in [0.4, 0.5) is 0 Å². The monoisotopic (exact) mass is 395 g/mol. The van der Waals surface area contributed by atoms with Gasteiger partial charge in [-0.3, -0.25) is 14.5 Å². The van der Waals surface area contributed by atoms with E-state index in [0.717, 1.165) is 0 Å². The van der Waals surface area contributed by atoms with Gasteiger partial charge in [-0.2, -0.15) is 5.10 Å². The number of pyridine rings is 1. The molecule has 21 heavy (non-hydrogen) atoms. The van der Waals surface area contributed by atoms with Crippen LogP contribution in [0.1, 0.15) is 10.4 Å². The minimum Gasteiger partial charge on any atom is -0.465 e. The van der Waals surface area contributed by atoms with Crippen LogP contribution in [0.15, 0.2) is 41.3 Å². The topological polar surface area (TPSA) is 77.0 Å². The maximum Gasteiger partial charge on any atom is 0.337 e. The van der Waals surface area contributed by atoms with Crippen LogP contribution in [0.3, 0.4) is 0 Å². The lowest BCUT2D eigenvalue weighted by molar-refractivity contribution is 0.0601. The van der Waals surface area contributed by atoms with Gasteiger partial charge in [0.05, 0.1) is 18.1 Å². The van der Waals surface area contributed by atoms with Crippen molar-refractivity contribution in [3.05, 3.63) is 56.1 Å². The number of aromatic amines is 1. The van der Waals surface area contributed by atoms with E-state index in [0.29, 0.717) is 25.9 Å². The van der Waals surface area contributed by atoms with E-state index in [1.165, 1.54) is 11.7 Å². The molecule has 0 fully saturated rings. The molecule has 0 amide bonds. The molecule has 0 radical (unpaired) electrons. The van der Waals surface area contributed by atoms with Crippen molar-refractivity contribution in [2.24, 2.45) is 0 Å². The zero-order valence-corrected chi connectivity index (χ0v) is 13.1. The number of H-pyrrole nitrogens is 1. The normalized spacial score (nSPS) is 10.8. The van der Waals surface area contributed by atoms with Crippen LogP contribution in [-0.4, -0.2) is 27.8 Å². The van der Waals surface area contributed by atoms with Gasteiger partial charge in [-0.1, -0.05) is 0 Å². The molecule has 3 rings (SSSR count). The van der Waals surface area contributed by atoms with Gasteiger partial charge in [-0.15, -0.1) is 0 Å². The fourth-order valence-corrected chi connectivity index (χ4v) is 2.70. The van der Waals surface area contributed by atoms with E-state index in [-0.39, 0.29) is 5.56 Å². The maximum absolute atomic E-state index is 12.5. The second-order valence-corrected chi connectivity index (χ2v) is 5.41. The zero-order valence-electron chi connectivity index (χ0n) is 11.0. The summed E-state index contributed by atoms with van der Waals surface area (Å²) in [4.78, 5) is 23.9. The Bertz CT molecular complexity index is 881. The minimum absolute atomic E-state index is 0.156. The first kappa shape index (κ1) is 13.8. The summed E-state index contributed by atoms with van der Waals surface area (Å²) in [6, 6.07) is 8.42. The first-order valence-corrected chi connectivity index (χ1v) is 7.13. The molecule has 0 saturated heterocycles. The highest BCUT2D eigenvalue weighted by Crippen LogP contribution is 2.15. The molecule has 0 aliphatic heterocycles. The zero-order chi connectivity index (χ0) is 15.0. The molecule has 7 heteroatoms. The van der Waals surface area contributed by atoms with Crippen LogP contribution in [0.25, 0.3) is 16.6 Å². The van der Waals surface area contributed by atoms with E-state index >= 15 is 0 Å². The van der Waals surface area contributed by atoms with Gasteiger partial charge < -0.3 is 4.74 Å². The average Bonchev–Trinajstić information content (AvgIpc) is 2.89. The van der Waals surface area contributed by atoms with Gasteiger partial charge >= 0.3 is 5.97 Å². The summed E-state index contributed by atoms with van der Waals surface area (Å²) < 4.78 is 6.86. The van der Waals surface area contributed by atoms with Gasteiger partial charge in [0, 0.05) is 11.9 Å². The maximum atomic E-state index is 12.5. The number of nitrogens with zero attached hydrogens (tertiary/aromatic N) is 2. The van der Waals surface area contributed by atoms with E-state index in [1.54, 1.807) is 36.5 Å². The fourth-order valence-electron chi connectivity index (χ4n) is 2.07. The van der Waals surface area contributed by atoms with Crippen molar-refractivity contribution < 1.29 is 9.53 Å². The smallest absolute Gasteiger partial charge is 0.337 e. The van der Waals surface area contributed by atoms with Gasteiger partial charge in [-0.25, -0.2) is 4.79 Å². The number of carbonyl (C=O) groups excluding carboxylic acids is 1.